The van der Waals surface area contributed by atoms with Crippen LogP contribution in [-0.2, 0) is 19.1 Å². The molecule has 2 amide bonds. The summed E-state index contributed by atoms with van der Waals surface area (Å²) >= 11 is 0. The van der Waals surface area contributed by atoms with Crippen LogP contribution in [0.1, 0.15) is 65.5 Å². The van der Waals surface area contributed by atoms with Gasteiger partial charge in [-0.25, -0.2) is 0 Å². The van der Waals surface area contributed by atoms with E-state index in [0.29, 0.717) is 17.5 Å². The van der Waals surface area contributed by atoms with Gasteiger partial charge >= 0.3 is 5.97 Å². The van der Waals surface area contributed by atoms with E-state index >= 15 is 0 Å². The molecule has 0 heterocycles. The summed E-state index contributed by atoms with van der Waals surface area (Å²) in [6.07, 6.45) is -0.930. The molecule has 0 aliphatic rings. The normalized spacial score (nSPS) is 14.1. The lowest BCUT2D eigenvalue weighted by molar-refractivity contribution is -0.144. The van der Waals surface area contributed by atoms with Crippen LogP contribution in [0.15, 0.2) is 35.1 Å². The summed E-state index contributed by atoms with van der Waals surface area (Å²) in [7, 11) is 0. The first kappa shape index (κ1) is 27.2. The number of benzene rings is 1. The molecule has 186 valence electrons. The Balaban J connectivity index is 2.09. The molecule has 0 radical (unpaired) electrons. The molecule has 0 bridgehead atoms. The minimum absolute atomic E-state index is 0.0679. The molecule has 8 heteroatoms. The third-order valence-electron chi connectivity index (χ3n) is 5.62. The van der Waals surface area contributed by atoms with Crippen LogP contribution < -0.4 is 16.1 Å². The maximum atomic E-state index is 13.1. The maximum absolute atomic E-state index is 13.1. The van der Waals surface area contributed by atoms with Crippen molar-refractivity contribution in [3.63, 3.8) is 0 Å². The first-order chi connectivity index (χ1) is 16.1. The van der Waals surface area contributed by atoms with E-state index in [1.165, 1.54) is 0 Å². The molecule has 2 aromatic carbocycles. The summed E-state index contributed by atoms with van der Waals surface area (Å²) in [6.45, 7) is 9.48. The average molecular weight is 473 g/mol. The van der Waals surface area contributed by atoms with E-state index in [-0.39, 0.29) is 36.7 Å². The average Bonchev–Trinajstić information content (AvgIpc) is 3.46. The molecule has 0 spiro atoms. The molecule has 0 aliphatic heterocycles. The lowest BCUT2D eigenvalue weighted by atomic mass is 9.94. The van der Waals surface area contributed by atoms with Gasteiger partial charge in [-0.3, -0.25) is 19.2 Å². The topological polar surface area (TPSA) is 122 Å². The van der Waals surface area contributed by atoms with E-state index in [0.717, 1.165) is 5.56 Å². The number of rotatable bonds is 13. The Morgan fingerprint density at radius 3 is 2.21 bits per heavy atom. The number of ether oxygens (including phenoxy) is 1. The zero-order valence-corrected chi connectivity index (χ0v) is 20.6. The standard InChI is InChI=1S/C26H36N2O6/c1-6-34-20(30)13-12-19(29)27-18(14-15(2)3)26(33)28-23(16(4)5)25(32)22-21(24(22)31)17-10-8-7-9-11-17/h7-11,15-16,18,23,25,32H,6,12-14H2,1-5H3,(H,27,29)(H,28,33)/t18-,23-,25-/m0/s1. The first-order valence-electron chi connectivity index (χ1n) is 11.8. The maximum Gasteiger partial charge on any atom is 0.306 e. The first-order valence-corrected chi connectivity index (χ1v) is 11.8. The summed E-state index contributed by atoms with van der Waals surface area (Å²) in [5.41, 5.74) is 1.33. The second kappa shape index (κ2) is 12.5. The predicted molar refractivity (Wildman–Crippen MR) is 130 cm³/mol. The van der Waals surface area contributed by atoms with Gasteiger partial charge in [0.15, 0.2) is 5.43 Å². The van der Waals surface area contributed by atoms with E-state index in [1.54, 1.807) is 19.1 Å². The number of aliphatic hydroxyl groups is 1. The number of hydrogen-bond acceptors (Lipinski definition) is 6. The van der Waals surface area contributed by atoms with Crippen LogP contribution in [0.3, 0.4) is 0 Å². The third-order valence-corrected chi connectivity index (χ3v) is 5.62. The minimum atomic E-state index is -1.16. The van der Waals surface area contributed by atoms with Crippen molar-refractivity contribution in [2.75, 3.05) is 6.61 Å². The summed E-state index contributed by atoms with van der Waals surface area (Å²) in [5, 5.41) is 16.5. The second-order valence-electron chi connectivity index (χ2n) is 9.26. The monoisotopic (exact) mass is 472 g/mol. The van der Waals surface area contributed by atoms with Gasteiger partial charge in [-0.1, -0.05) is 58.0 Å². The van der Waals surface area contributed by atoms with Gasteiger partial charge in [-0.05, 0) is 30.7 Å². The summed E-state index contributed by atoms with van der Waals surface area (Å²) in [6, 6.07) is 7.56. The summed E-state index contributed by atoms with van der Waals surface area (Å²) in [4.78, 5) is 49.4. The van der Waals surface area contributed by atoms with Gasteiger partial charge in [-0.15, -0.1) is 0 Å². The van der Waals surface area contributed by atoms with Gasteiger partial charge in [-0.2, -0.15) is 0 Å². The molecular formula is C26H36N2O6. The molecule has 0 saturated carbocycles. The number of esters is 1. The lowest BCUT2D eigenvalue weighted by Gasteiger charge is -2.29. The highest BCUT2D eigenvalue weighted by molar-refractivity contribution is 5.89. The predicted octanol–water partition coefficient (Wildman–Crippen LogP) is 2.64. The number of aliphatic hydroxyl groups excluding tert-OH is 1. The Labute approximate surface area is 200 Å². The molecule has 0 saturated heterocycles. The van der Waals surface area contributed by atoms with Crippen LogP contribution in [0, 0.1) is 11.8 Å². The molecule has 2 rings (SSSR count). The number of amides is 2. The zero-order valence-electron chi connectivity index (χ0n) is 20.6. The lowest BCUT2D eigenvalue weighted by Crippen LogP contribution is -2.52. The van der Waals surface area contributed by atoms with E-state index in [4.69, 9.17) is 4.74 Å². The van der Waals surface area contributed by atoms with Crippen molar-refractivity contribution in [2.24, 2.45) is 11.8 Å². The fourth-order valence-corrected chi connectivity index (χ4v) is 3.83. The fraction of sp³-hybridized carbons (Fsp3) is 0.538. The fourth-order valence-electron chi connectivity index (χ4n) is 3.83. The van der Waals surface area contributed by atoms with Gasteiger partial charge in [0, 0.05) is 17.5 Å². The van der Waals surface area contributed by atoms with Crippen molar-refractivity contribution in [3.8, 4) is 11.1 Å². The Morgan fingerprint density at radius 2 is 1.65 bits per heavy atom. The Hall–Kier alpha value is -3.00. The van der Waals surface area contributed by atoms with Gasteiger partial charge in [0.05, 0.1) is 19.1 Å². The Kier molecular flexibility index (Phi) is 9.98. The Bertz CT molecular complexity index is 975. The molecular weight excluding hydrogens is 436 g/mol. The Morgan fingerprint density at radius 1 is 1.00 bits per heavy atom. The zero-order chi connectivity index (χ0) is 25.4. The highest BCUT2D eigenvalue weighted by Gasteiger charge is 2.37. The molecule has 3 N–H and O–H groups in total. The largest absolute Gasteiger partial charge is 0.466 e. The summed E-state index contributed by atoms with van der Waals surface area (Å²) < 4.78 is 4.83. The molecule has 0 aliphatic carbocycles. The van der Waals surface area contributed by atoms with E-state index < -0.39 is 36.0 Å². The van der Waals surface area contributed by atoms with Crippen LogP contribution >= 0.6 is 0 Å². The number of carbonyl (C=O) groups excluding carboxylic acids is 3. The van der Waals surface area contributed by atoms with Crippen LogP contribution in [0.25, 0.3) is 11.1 Å². The van der Waals surface area contributed by atoms with Gasteiger partial charge in [0.2, 0.25) is 11.8 Å². The van der Waals surface area contributed by atoms with Crippen molar-refractivity contribution in [3.05, 3.63) is 46.1 Å². The number of carbonyl (C=O) groups is 3. The summed E-state index contributed by atoms with van der Waals surface area (Å²) in [5.74, 6) is -1.40. The molecule has 2 aromatic rings. The number of nitrogens with one attached hydrogen (secondary N) is 2. The minimum Gasteiger partial charge on any atom is -0.466 e. The second-order valence-corrected chi connectivity index (χ2v) is 9.26. The molecule has 0 aromatic heterocycles. The molecule has 3 atom stereocenters. The molecule has 34 heavy (non-hydrogen) atoms. The SMILES string of the molecule is CCOC(=O)CCC(=O)N[C@@H](CC(C)C)C(=O)N[C@@H](C(C)C)[C@@H](O)c1c(-c2ccccc2)c1=O. The van der Waals surface area contributed by atoms with E-state index in [2.05, 4.69) is 10.6 Å². The van der Waals surface area contributed by atoms with Crippen molar-refractivity contribution in [1.29, 1.82) is 0 Å². The van der Waals surface area contributed by atoms with Gasteiger partial charge in [0.25, 0.3) is 0 Å². The van der Waals surface area contributed by atoms with Gasteiger partial charge in [0.1, 0.15) is 12.1 Å². The van der Waals surface area contributed by atoms with Crippen molar-refractivity contribution < 1.29 is 24.2 Å². The quantitative estimate of drug-likeness (QED) is 0.385. The number of hydrogen-bond donors (Lipinski definition) is 3. The van der Waals surface area contributed by atoms with Crippen LogP contribution in [0.4, 0.5) is 0 Å². The van der Waals surface area contributed by atoms with Crippen LogP contribution in [0.2, 0.25) is 0 Å². The van der Waals surface area contributed by atoms with Crippen molar-refractivity contribution in [1.82, 2.24) is 10.6 Å². The van der Waals surface area contributed by atoms with Crippen LogP contribution in [0.5, 0.6) is 0 Å². The molecule has 0 fully saturated rings. The van der Waals surface area contributed by atoms with Gasteiger partial charge < -0.3 is 20.5 Å². The highest BCUT2D eigenvalue weighted by atomic mass is 16.5. The van der Waals surface area contributed by atoms with Crippen molar-refractivity contribution in [2.45, 2.75) is 72.1 Å². The smallest absolute Gasteiger partial charge is 0.306 e. The molecule has 0 unspecified atom stereocenters. The third kappa shape index (κ3) is 7.52. The van der Waals surface area contributed by atoms with Crippen molar-refractivity contribution >= 4 is 17.8 Å². The van der Waals surface area contributed by atoms with E-state index in [1.807, 2.05) is 45.9 Å². The van der Waals surface area contributed by atoms with Crippen LogP contribution in [-0.4, -0.2) is 41.6 Å². The molecule has 8 nitrogen and oxygen atoms in total. The highest BCUT2D eigenvalue weighted by Crippen LogP contribution is 2.33. The van der Waals surface area contributed by atoms with E-state index in [9.17, 15) is 24.3 Å².